The van der Waals surface area contributed by atoms with Gasteiger partial charge in [0.15, 0.2) is 11.5 Å². The Balaban J connectivity index is 1.81. The van der Waals surface area contributed by atoms with Gasteiger partial charge >= 0.3 is 11.9 Å². The van der Waals surface area contributed by atoms with E-state index in [0.29, 0.717) is 53.0 Å². The van der Waals surface area contributed by atoms with Gasteiger partial charge < -0.3 is 31.4 Å². The monoisotopic (exact) mass is 529 g/mol. The molecule has 0 radical (unpaired) electrons. The van der Waals surface area contributed by atoms with Gasteiger partial charge in [-0.3, -0.25) is 14.4 Å². The molecule has 0 aliphatic heterocycles. The number of esters is 2. The minimum absolute atomic E-state index is 0.0738. The van der Waals surface area contributed by atoms with Gasteiger partial charge in [-0.25, -0.2) is 4.98 Å². The molecule has 1 heterocycles. The Hall–Kier alpha value is -5.11. The van der Waals surface area contributed by atoms with Gasteiger partial charge in [-0.1, -0.05) is 17.9 Å². The lowest BCUT2D eigenvalue weighted by molar-refractivity contribution is -0.160. The summed E-state index contributed by atoms with van der Waals surface area (Å²) in [5, 5.41) is 0. The number of hydrogen-bond acceptors (Lipinski definition) is 10. The number of hydrogen-bond donors (Lipinski definition) is 3. The molecule has 1 aliphatic carbocycles. The van der Waals surface area contributed by atoms with Crippen LogP contribution in [0.15, 0.2) is 36.5 Å². The molecule has 11 heteroatoms. The maximum atomic E-state index is 12.8. The van der Waals surface area contributed by atoms with Crippen LogP contribution in [0.4, 0.5) is 11.8 Å². The quantitative estimate of drug-likeness (QED) is 0.232. The first-order valence-corrected chi connectivity index (χ1v) is 11.9. The molecule has 1 aromatic heterocycles. The number of amides is 1. The van der Waals surface area contributed by atoms with Gasteiger partial charge in [-0.15, -0.1) is 0 Å². The van der Waals surface area contributed by atoms with Crippen LogP contribution in [0.5, 0.6) is 11.5 Å². The molecule has 1 saturated carbocycles. The highest BCUT2D eigenvalue weighted by molar-refractivity contribution is 5.96. The number of anilines is 2. The van der Waals surface area contributed by atoms with Crippen molar-refractivity contribution in [2.24, 2.45) is 5.73 Å². The Labute approximate surface area is 224 Å². The normalized spacial score (nSPS) is 13.0. The summed E-state index contributed by atoms with van der Waals surface area (Å²) in [6.45, 7) is 1.17. The number of carbonyl (C=O) groups is 3. The van der Waals surface area contributed by atoms with E-state index in [1.807, 2.05) is 0 Å². The topological polar surface area (TPSA) is 183 Å². The number of rotatable bonds is 7. The Morgan fingerprint density at radius 1 is 1.03 bits per heavy atom. The van der Waals surface area contributed by atoms with Crippen LogP contribution in [0.25, 0.3) is 0 Å². The van der Waals surface area contributed by atoms with E-state index >= 15 is 0 Å². The Morgan fingerprint density at radius 3 is 2.33 bits per heavy atom. The third-order valence-corrected chi connectivity index (χ3v) is 6.38. The molecule has 4 rings (SSSR count). The van der Waals surface area contributed by atoms with Crippen molar-refractivity contribution in [1.82, 2.24) is 9.97 Å². The Bertz CT molecular complexity index is 1550. The number of nitrogens with zero attached hydrogens (tertiary/aromatic N) is 2. The van der Waals surface area contributed by atoms with Crippen molar-refractivity contribution in [2.75, 3.05) is 25.7 Å². The molecule has 1 fully saturated rings. The molecule has 1 amide bonds. The highest BCUT2D eigenvalue weighted by atomic mass is 16.6. The minimum Gasteiger partial charge on any atom is -0.493 e. The lowest BCUT2D eigenvalue weighted by Crippen LogP contribution is -2.26. The molecule has 0 bridgehead atoms. The number of carbonyl (C=O) groups excluding carboxylic acids is 3. The predicted octanol–water partition coefficient (Wildman–Crippen LogP) is 1.87. The van der Waals surface area contributed by atoms with Crippen LogP contribution in [0.2, 0.25) is 0 Å². The second-order valence-electron chi connectivity index (χ2n) is 9.03. The van der Waals surface area contributed by atoms with Gasteiger partial charge in [0.05, 0.1) is 25.2 Å². The van der Waals surface area contributed by atoms with E-state index in [2.05, 4.69) is 21.8 Å². The van der Waals surface area contributed by atoms with Gasteiger partial charge in [0, 0.05) is 36.2 Å². The van der Waals surface area contributed by atoms with E-state index in [4.69, 9.17) is 31.4 Å². The fraction of sp³-hybridized carbons (Fsp3) is 0.250. The molecular weight excluding hydrogens is 502 g/mol. The molecule has 0 unspecified atom stereocenters. The molecule has 6 N–H and O–H groups in total. The molecular formula is C28H27N5O6. The number of aromatic nitrogens is 2. The van der Waals surface area contributed by atoms with Crippen LogP contribution < -0.4 is 26.7 Å². The van der Waals surface area contributed by atoms with E-state index < -0.39 is 23.3 Å². The van der Waals surface area contributed by atoms with Crippen molar-refractivity contribution < 1.29 is 28.6 Å². The van der Waals surface area contributed by atoms with Crippen molar-refractivity contribution in [2.45, 2.75) is 31.6 Å². The maximum Gasteiger partial charge on any atom is 0.324 e. The summed E-state index contributed by atoms with van der Waals surface area (Å²) in [6.07, 6.45) is 2.86. The van der Waals surface area contributed by atoms with E-state index in [-0.39, 0.29) is 17.3 Å². The molecule has 1 aliphatic rings. The fourth-order valence-electron chi connectivity index (χ4n) is 4.30. The largest absolute Gasteiger partial charge is 0.493 e. The zero-order valence-electron chi connectivity index (χ0n) is 21.7. The number of nitrogens with two attached hydrogens (primary N) is 3. The molecule has 200 valence electrons. The Morgan fingerprint density at radius 2 is 1.74 bits per heavy atom. The molecule has 0 spiro atoms. The number of methoxy groups -OCH3 is 2. The van der Waals surface area contributed by atoms with Crippen LogP contribution in [-0.2, 0) is 26.2 Å². The summed E-state index contributed by atoms with van der Waals surface area (Å²) in [5.41, 5.74) is 19.2. The molecule has 3 aromatic rings. The van der Waals surface area contributed by atoms with Gasteiger partial charge in [-0.2, -0.15) is 4.98 Å². The van der Waals surface area contributed by atoms with Crippen LogP contribution in [0, 0.1) is 11.8 Å². The van der Waals surface area contributed by atoms with E-state index in [1.165, 1.54) is 33.3 Å². The summed E-state index contributed by atoms with van der Waals surface area (Å²) in [7, 11) is 3.00. The molecule has 0 saturated heterocycles. The van der Waals surface area contributed by atoms with Crippen molar-refractivity contribution in [1.29, 1.82) is 0 Å². The summed E-state index contributed by atoms with van der Waals surface area (Å²) >= 11 is 0. The zero-order valence-corrected chi connectivity index (χ0v) is 21.7. The van der Waals surface area contributed by atoms with E-state index in [9.17, 15) is 14.4 Å². The summed E-state index contributed by atoms with van der Waals surface area (Å²) < 4.78 is 16.0. The van der Waals surface area contributed by atoms with E-state index in [0.717, 1.165) is 5.56 Å². The Kier molecular flexibility index (Phi) is 7.40. The van der Waals surface area contributed by atoms with Gasteiger partial charge in [0.2, 0.25) is 11.9 Å². The fourth-order valence-corrected chi connectivity index (χ4v) is 4.30. The average Bonchev–Trinajstić information content (AvgIpc) is 3.70. The SMILES string of the molecule is COc1cc(Cc2cnc(N)nc2N)cc(C#Cc2cc(C(N)=O)ccc2C2(C(=O)OC(C)=O)CC2)c1OC. The molecule has 0 atom stereocenters. The molecule has 39 heavy (non-hydrogen) atoms. The molecule has 2 aromatic carbocycles. The summed E-state index contributed by atoms with van der Waals surface area (Å²) in [5.74, 6) is 5.29. The van der Waals surface area contributed by atoms with Crippen molar-refractivity contribution in [3.8, 4) is 23.3 Å². The third kappa shape index (κ3) is 5.60. The second kappa shape index (κ2) is 10.7. The van der Waals surface area contributed by atoms with Crippen molar-refractivity contribution >= 4 is 29.6 Å². The smallest absolute Gasteiger partial charge is 0.324 e. The summed E-state index contributed by atoms with van der Waals surface area (Å²) in [6, 6.07) is 8.25. The zero-order chi connectivity index (χ0) is 28.3. The van der Waals surface area contributed by atoms with Crippen LogP contribution in [0.1, 0.15) is 57.9 Å². The van der Waals surface area contributed by atoms with Crippen LogP contribution in [-0.4, -0.2) is 42.0 Å². The van der Waals surface area contributed by atoms with Gasteiger partial charge in [0.25, 0.3) is 0 Å². The highest BCUT2D eigenvalue weighted by Gasteiger charge is 2.54. The number of primary amides is 1. The van der Waals surface area contributed by atoms with E-state index in [1.54, 1.807) is 24.4 Å². The highest BCUT2D eigenvalue weighted by Crippen LogP contribution is 2.50. The predicted molar refractivity (Wildman–Crippen MR) is 142 cm³/mol. The summed E-state index contributed by atoms with van der Waals surface area (Å²) in [4.78, 5) is 44.2. The average molecular weight is 530 g/mol. The number of ether oxygens (including phenoxy) is 3. The number of benzene rings is 2. The first-order chi connectivity index (χ1) is 18.6. The molecule has 11 nitrogen and oxygen atoms in total. The van der Waals surface area contributed by atoms with Crippen molar-refractivity contribution in [3.63, 3.8) is 0 Å². The van der Waals surface area contributed by atoms with Crippen molar-refractivity contribution in [3.05, 3.63) is 69.9 Å². The lowest BCUT2D eigenvalue weighted by atomic mass is 9.90. The lowest BCUT2D eigenvalue weighted by Gasteiger charge is -2.16. The number of nitrogen functional groups attached to an aromatic ring is 2. The van der Waals surface area contributed by atoms with Crippen LogP contribution >= 0.6 is 0 Å². The third-order valence-electron chi connectivity index (χ3n) is 6.38. The second-order valence-corrected chi connectivity index (χ2v) is 9.03. The van der Waals surface area contributed by atoms with Crippen LogP contribution in [0.3, 0.4) is 0 Å². The standard InChI is InChI=1S/C28H27N5O6/c1-15(34)39-26(36)28(8-9-28)21-7-6-19(25(30)35)13-17(21)4-5-18-10-16(12-22(37-2)23(18)38-3)11-20-14-32-27(31)33-24(20)29/h6-7,10,12-14H,8-9,11H2,1-3H3,(H2,30,35)(H4,29,31,32,33). The van der Waals surface area contributed by atoms with Gasteiger partial charge in [-0.05, 0) is 48.2 Å². The first kappa shape index (κ1) is 26.9. The first-order valence-electron chi connectivity index (χ1n) is 11.9. The minimum atomic E-state index is -1.03. The maximum absolute atomic E-state index is 12.8. The van der Waals surface area contributed by atoms with Gasteiger partial charge in [0.1, 0.15) is 5.82 Å².